The summed E-state index contributed by atoms with van der Waals surface area (Å²) in [6, 6.07) is 0. The summed E-state index contributed by atoms with van der Waals surface area (Å²) >= 11 is 0. The van der Waals surface area contributed by atoms with Crippen LogP contribution in [0.15, 0.2) is 0 Å². The molecule has 16 heavy (non-hydrogen) atoms. The molecule has 0 bridgehead atoms. The van der Waals surface area contributed by atoms with Crippen LogP contribution in [0.2, 0.25) is 0 Å². The number of carboxylic acid groups (broad SMARTS) is 1. The van der Waals surface area contributed by atoms with Crippen LogP contribution in [-0.4, -0.2) is 46.0 Å². The van der Waals surface area contributed by atoms with Gasteiger partial charge in [-0.25, -0.2) is 19.6 Å². The topological polar surface area (TPSA) is 70.1 Å². The van der Waals surface area contributed by atoms with Gasteiger partial charge in [0.15, 0.2) is 0 Å². The van der Waals surface area contributed by atoms with Crippen molar-refractivity contribution in [2.24, 2.45) is 0 Å². The number of hydrogen-bond donors (Lipinski definition) is 1. The lowest BCUT2D eigenvalue weighted by molar-refractivity contribution is -0.0529. The van der Waals surface area contributed by atoms with Crippen LogP contribution in [0, 0.1) is 0 Å². The molecule has 0 aromatic carbocycles. The molecule has 0 atom stereocenters. The third kappa shape index (κ3) is 3.29. The maximum absolute atomic E-state index is 11.7. The van der Waals surface area contributed by atoms with E-state index in [1.807, 2.05) is 0 Å². The Morgan fingerprint density at radius 2 is 1.62 bits per heavy atom. The molecule has 1 fully saturated rings. The van der Waals surface area contributed by atoms with E-state index in [0.717, 1.165) is 22.9 Å². The summed E-state index contributed by atoms with van der Waals surface area (Å²) in [4.78, 5) is 22.6. The fraction of sp³-hybridized carbons (Fsp3) is 0.800. The van der Waals surface area contributed by atoms with Gasteiger partial charge in [0.05, 0.1) is 0 Å². The van der Waals surface area contributed by atoms with E-state index < -0.39 is 17.8 Å². The average Bonchev–Trinajstić information content (AvgIpc) is 2.15. The van der Waals surface area contributed by atoms with Gasteiger partial charge in [-0.3, -0.25) is 0 Å². The summed E-state index contributed by atoms with van der Waals surface area (Å²) in [5, 5.41) is 11.1. The van der Waals surface area contributed by atoms with Gasteiger partial charge < -0.3 is 9.84 Å². The molecule has 0 aromatic heterocycles. The minimum atomic E-state index is -1.12. The summed E-state index contributed by atoms with van der Waals surface area (Å²) in [7, 11) is 0. The van der Waals surface area contributed by atoms with Gasteiger partial charge in [-0.1, -0.05) is 0 Å². The van der Waals surface area contributed by atoms with E-state index in [2.05, 4.69) is 0 Å². The van der Waals surface area contributed by atoms with Crippen molar-refractivity contribution in [2.75, 3.05) is 13.1 Å². The number of carbonyl (C=O) groups excluding carboxylic acids is 1. The third-order valence-electron chi connectivity index (χ3n) is 2.11. The second-order valence-corrected chi connectivity index (χ2v) is 4.72. The molecule has 0 aromatic rings. The van der Waals surface area contributed by atoms with Gasteiger partial charge in [-0.05, 0) is 33.6 Å². The minimum Gasteiger partial charge on any atom is -0.464 e. The van der Waals surface area contributed by atoms with Crippen molar-refractivity contribution >= 4 is 12.2 Å². The zero-order chi connectivity index (χ0) is 12.3. The molecule has 92 valence electrons. The molecule has 1 saturated heterocycles. The highest BCUT2D eigenvalue weighted by atomic mass is 16.6. The van der Waals surface area contributed by atoms with E-state index in [9.17, 15) is 9.59 Å². The Labute approximate surface area is 94.7 Å². The number of hydrogen-bond acceptors (Lipinski definition) is 3. The molecular formula is C10H18N2O4. The molecular weight excluding hydrogens is 212 g/mol. The van der Waals surface area contributed by atoms with Crippen LogP contribution in [0.4, 0.5) is 9.59 Å². The lowest BCUT2D eigenvalue weighted by Gasteiger charge is -2.37. The van der Waals surface area contributed by atoms with Gasteiger partial charge in [0.1, 0.15) is 5.60 Å². The molecule has 0 unspecified atom stereocenters. The molecule has 0 aliphatic carbocycles. The van der Waals surface area contributed by atoms with Crippen LogP contribution in [0.1, 0.15) is 33.6 Å². The second-order valence-electron chi connectivity index (χ2n) is 4.72. The Bertz CT molecular complexity index is 285. The number of carbonyl (C=O) groups is 2. The second kappa shape index (κ2) is 4.59. The Kier molecular flexibility index (Phi) is 3.62. The number of hydrazine groups is 1. The van der Waals surface area contributed by atoms with E-state index in [4.69, 9.17) is 9.84 Å². The van der Waals surface area contributed by atoms with Crippen molar-refractivity contribution in [3.63, 3.8) is 0 Å². The lowest BCUT2D eigenvalue weighted by atomic mass is 10.2. The molecule has 0 spiro atoms. The van der Waals surface area contributed by atoms with Crippen LogP contribution in [0.25, 0.3) is 0 Å². The molecule has 1 aliphatic heterocycles. The highest BCUT2D eigenvalue weighted by molar-refractivity contribution is 5.73. The largest absolute Gasteiger partial charge is 0.464 e. The third-order valence-corrected chi connectivity index (χ3v) is 2.11. The van der Waals surface area contributed by atoms with Crippen molar-refractivity contribution in [3.8, 4) is 0 Å². The van der Waals surface area contributed by atoms with Crippen molar-refractivity contribution in [1.82, 2.24) is 10.0 Å². The normalized spacial score (nSPS) is 17.2. The van der Waals surface area contributed by atoms with E-state index in [-0.39, 0.29) is 0 Å². The summed E-state index contributed by atoms with van der Waals surface area (Å²) in [6.45, 7) is 5.98. The van der Waals surface area contributed by atoms with Gasteiger partial charge >= 0.3 is 12.2 Å². The first-order valence-corrected chi connectivity index (χ1v) is 5.32. The molecule has 6 heteroatoms. The number of rotatable bonds is 0. The summed E-state index contributed by atoms with van der Waals surface area (Å²) in [5.41, 5.74) is -0.612. The van der Waals surface area contributed by atoms with Crippen LogP contribution in [-0.2, 0) is 4.74 Å². The van der Waals surface area contributed by atoms with Crippen molar-refractivity contribution in [2.45, 2.75) is 39.2 Å². The van der Waals surface area contributed by atoms with Gasteiger partial charge in [0.25, 0.3) is 0 Å². The van der Waals surface area contributed by atoms with Crippen LogP contribution >= 0.6 is 0 Å². The van der Waals surface area contributed by atoms with E-state index >= 15 is 0 Å². The molecule has 0 radical (unpaired) electrons. The maximum Gasteiger partial charge on any atom is 0.429 e. The van der Waals surface area contributed by atoms with Gasteiger partial charge in [0, 0.05) is 13.1 Å². The monoisotopic (exact) mass is 230 g/mol. The van der Waals surface area contributed by atoms with E-state index in [1.165, 1.54) is 0 Å². The highest BCUT2D eigenvalue weighted by Gasteiger charge is 2.31. The predicted octanol–water partition coefficient (Wildman–Crippen LogP) is 1.91. The number of amides is 2. The SMILES string of the molecule is CC(C)(C)OC(=O)N1CCCCN1C(=O)O. The molecule has 1 rings (SSSR count). The molecule has 0 saturated carbocycles. The molecule has 1 N–H and O–H groups in total. The highest BCUT2D eigenvalue weighted by Crippen LogP contribution is 2.16. The van der Waals surface area contributed by atoms with Crippen molar-refractivity contribution < 1.29 is 19.4 Å². The van der Waals surface area contributed by atoms with Crippen molar-refractivity contribution in [1.29, 1.82) is 0 Å². The number of ether oxygens (including phenoxy) is 1. The minimum absolute atomic E-state index is 0.342. The smallest absolute Gasteiger partial charge is 0.429 e. The zero-order valence-corrected chi connectivity index (χ0v) is 9.89. The quantitative estimate of drug-likeness (QED) is 0.690. The lowest BCUT2D eigenvalue weighted by Crippen LogP contribution is -2.53. The summed E-state index contributed by atoms with van der Waals surface area (Å²) in [6.07, 6.45) is -0.158. The predicted molar refractivity (Wildman–Crippen MR) is 56.9 cm³/mol. The first kappa shape index (κ1) is 12.6. The maximum atomic E-state index is 11.7. The van der Waals surface area contributed by atoms with Crippen LogP contribution < -0.4 is 0 Å². The summed E-state index contributed by atoms with van der Waals surface area (Å²) in [5.74, 6) is 0. The van der Waals surface area contributed by atoms with Crippen molar-refractivity contribution in [3.05, 3.63) is 0 Å². The average molecular weight is 230 g/mol. The van der Waals surface area contributed by atoms with E-state index in [0.29, 0.717) is 13.1 Å². The standard InChI is InChI=1S/C10H18N2O4/c1-10(2,3)16-9(15)12-7-5-4-6-11(12)8(13)14/h4-7H2,1-3H3,(H,13,14). The Hall–Kier alpha value is -1.46. The van der Waals surface area contributed by atoms with Crippen LogP contribution in [0.5, 0.6) is 0 Å². The molecule has 1 heterocycles. The molecule has 1 aliphatic rings. The van der Waals surface area contributed by atoms with Gasteiger partial charge in [-0.2, -0.15) is 0 Å². The summed E-state index contributed by atoms with van der Waals surface area (Å²) < 4.78 is 5.14. The van der Waals surface area contributed by atoms with Gasteiger partial charge in [0.2, 0.25) is 0 Å². The van der Waals surface area contributed by atoms with Gasteiger partial charge in [-0.15, -0.1) is 0 Å². The van der Waals surface area contributed by atoms with Crippen LogP contribution in [0.3, 0.4) is 0 Å². The fourth-order valence-corrected chi connectivity index (χ4v) is 1.47. The number of nitrogens with zero attached hydrogens (tertiary/aromatic N) is 2. The first-order chi connectivity index (χ1) is 7.31. The first-order valence-electron chi connectivity index (χ1n) is 5.32. The Morgan fingerprint density at radius 3 is 2.06 bits per heavy atom. The van der Waals surface area contributed by atoms with E-state index in [1.54, 1.807) is 20.8 Å². The Balaban J connectivity index is 2.68. The zero-order valence-electron chi connectivity index (χ0n) is 9.89. The molecule has 6 nitrogen and oxygen atoms in total. The Morgan fingerprint density at radius 1 is 1.12 bits per heavy atom. The fourth-order valence-electron chi connectivity index (χ4n) is 1.47. The molecule has 2 amide bonds.